The molecule has 7 heteroatoms. The molecule has 6 nitrogen and oxygen atoms in total. The van der Waals surface area contributed by atoms with Crippen LogP contribution in [0.4, 0.5) is 0 Å². The quantitative estimate of drug-likeness (QED) is 0.657. The monoisotopic (exact) mass is 247 g/mol. The summed E-state index contributed by atoms with van der Waals surface area (Å²) in [6.07, 6.45) is 5.01. The first-order chi connectivity index (χ1) is 7.56. The summed E-state index contributed by atoms with van der Waals surface area (Å²) in [5.41, 5.74) is 0. The molecule has 0 saturated heterocycles. The number of sulfonamides is 1. The fourth-order valence-corrected chi connectivity index (χ4v) is 2.30. The van der Waals surface area contributed by atoms with Gasteiger partial charge in [0.25, 0.3) is 0 Å². The van der Waals surface area contributed by atoms with Crippen LogP contribution in [0.2, 0.25) is 0 Å². The molecule has 92 valence electrons. The first kappa shape index (κ1) is 13.1. The maximum atomic E-state index is 11.7. The summed E-state index contributed by atoms with van der Waals surface area (Å²) in [4.78, 5) is 0.178. The van der Waals surface area contributed by atoms with Gasteiger partial charge in [0, 0.05) is 26.4 Å². The van der Waals surface area contributed by atoms with Crippen LogP contribution in [0.15, 0.2) is 17.3 Å². The highest BCUT2D eigenvalue weighted by Crippen LogP contribution is 2.05. The van der Waals surface area contributed by atoms with E-state index in [1.54, 1.807) is 7.05 Å². The number of nitrogens with one attached hydrogen (secondary N) is 1. The van der Waals surface area contributed by atoms with E-state index in [1.807, 2.05) is 0 Å². The van der Waals surface area contributed by atoms with Crippen LogP contribution in [0.1, 0.15) is 19.3 Å². The average Bonchev–Trinajstić information content (AvgIpc) is 2.65. The number of rotatable bonds is 7. The van der Waals surface area contributed by atoms with E-state index in [2.05, 4.69) is 9.82 Å². The van der Waals surface area contributed by atoms with E-state index in [9.17, 15) is 8.42 Å². The molecule has 1 heterocycles. The molecular weight excluding hydrogens is 230 g/mol. The Morgan fingerprint density at radius 3 is 2.75 bits per heavy atom. The summed E-state index contributed by atoms with van der Waals surface area (Å²) in [5, 5.41) is 12.4. The van der Waals surface area contributed by atoms with Crippen LogP contribution >= 0.6 is 0 Å². The number of unbranched alkanes of at least 4 members (excludes halogenated alkanes) is 2. The fourth-order valence-electron chi connectivity index (χ4n) is 1.24. The molecule has 0 fully saturated rings. The van der Waals surface area contributed by atoms with Crippen molar-refractivity contribution in [1.82, 2.24) is 14.5 Å². The van der Waals surface area contributed by atoms with Crippen molar-refractivity contribution in [2.45, 2.75) is 24.2 Å². The van der Waals surface area contributed by atoms with Gasteiger partial charge in [0.15, 0.2) is 0 Å². The second kappa shape index (κ2) is 5.97. The second-order valence-electron chi connectivity index (χ2n) is 3.53. The predicted octanol–water partition coefficient (Wildman–Crippen LogP) is -0.139. The van der Waals surface area contributed by atoms with Gasteiger partial charge in [-0.2, -0.15) is 5.10 Å². The van der Waals surface area contributed by atoms with E-state index in [1.165, 1.54) is 17.1 Å². The summed E-state index contributed by atoms with van der Waals surface area (Å²) >= 11 is 0. The smallest absolute Gasteiger partial charge is 0.243 e. The molecule has 1 rings (SSSR count). The minimum atomic E-state index is -3.42. The van der Waals surface area contributed by atoms with Crippen LogP contribution < -0.4 is 4.72 Å². The molecule has 0 spiro atoms. The Morgan fingerprint density at radius 1 is 1.44 bits per heavy atom. The Hall–Kier alpha value is -0.920. The summed E-state index contributed by atoms with van der Waals surface area (Å²) in [5.74, 6) is 0. The third-order valence-electron chi connectivity index (χ3n) is 2.12. The zero-order valence-corrected chi connectivity index (χ0v) is 10.1. The highest BCUT2D eigenvalue weighted by atomic mass is 32.2. The van der Waals surface area contributed by atoms with Crippen molar-refractivity contribution >= 4 is 10.0 Å². The van der Waals surface area contributed by atoms with Gasteiger partial charge in [0.05, 0.1) is 6.20 Å². The van der Waals surface area contributed by atoms with Crippen LogP contribution in [0.25, 0.3) is 0 Å². The highest BCUT2D eigenvalue weighted by molar-refractivity contribution is 7.89. The van der Waals surface area contributed by atoms with Gasteiger partial charge >= 0.3 is 0 Å². The molecule has 0 aliphatic carbocycles. The molecule has 16 heavy (non-hydrogen) atoms. The summed E-state index contributed by atoms with van der Waals surface area (Å²) in [7, 11) is -1.76. The van der Waals surface area contributed by atoms with Crippen LogP contribution in [-0.4, -0.2) is 36.5 Å². The van der Waals surface area contributed by atoms with E-state index in [-0.39, 0.29) is 11.5 Å². The van der Waals surface area contributed by atoms with E-state index < -0.39 is 10.0 Å². The van der Waals surface area contributed by atoms with Gasteiger partial charge in [0.1, 0.15) is 4.90 Å². The van der Waals surface area contributed by atoms with Crippen LogP contribution in [0.3, 0.4) is 0 Å². The molecule has 2 N–H and O–H groups in total. The molecule has 0 aliphatic rings. The highest BCUT2D eigenvalue weighted by Gasteiger charge is 2.14. The van der Waals surface area contributed by atoms with Gasteiger partial charge in [-0.3, -0.25) is 4.68 Å². The Kier molecular flexibility index (Phi) is 4.91. The van der Waals surface area contributed by atoms with Crippen LogP contribution in [-0.2, 0) is 17.1 Å². The largest absolute Gasteiger partial charge is 0.396 e. The van der Waals surface area contributed by atoms with Crippen molar-refractivity contribution in [2.75, 3.05) is 13.2 Å². The molecule has 0 atom stereocenters. The number of aliphatic hydroxyl groups excluding tert-OH is 1. The molecule has 0 radical (unpaired) electrons. The summed E-state index contributed by atoms with van der Waals surface area (Å²) in [6.45, 7) is 0.534. The third-order valence-corrected chi connectivity index (χ3v) is 3.53. The van der Waals surface area contributed by atoms with Crippen molar-refractivity contribution in [3.8, 4) is 0 Å². The van der Waals surface area contributed by atoms with Gasteiger partial charge in [-0.1, -0.05) is 0 Å². The lowest BCUT2D eigenvalue weighted by Gasteiger charge is -2.03. The predicted molar refractivity (Wildman–Crippen MR) is 59.3 cm³/mol. The minimum absolute atomic E-state index is 0.148. The molecule has 0 aromatic carbocycles. The second-order valence-corrected chi connectivity index (χ2v) is 5.30. The van der Waals surface area contributed by atoms with Gasteiger partial charge in [-0.05, 0) is 19.3 Å². The van der Waals surface area contributed by atoms with E-state index >= 15 is 0 Å². The number of aliphatic hydroxyl groups is 1. The lowest BCUT2D eigenvalue weighted by molar-refractivity contribution is 0.283. The number of hydrogen-bond donors (Lipinski definition) is 2. The van der Waals surface area contributed by atoms with Gasteiger partial charge < -0.3 is 5.11 Å². The topological polar surface area (TPSA) is 84.2 Å². The zero-order chi connectivity index (χ0) is 12.0. The summed E-state index contributed by atoms with van der Waals surface area (Å²) < 4.78 is 27.3. The molecule has 0 saturated carbocycles. The van der Waals surface area contributed by atoms with Crippen molar-refractivity contribution < 1.29 is 13.5 Å². The maximum absolute atomic E-state index is 11.7. The Balaban J connectivity index is 2.41. The molecule has 0 unspecified atom stereocenters. The maximum Gasteiger partial charge on any atom is 0.243 e. The van der Waals surface area contributed by atoms with Crippen molar-refractivity contribution in [3.63, 3.8) is 0 Å². The first-order valence-corrected chi connectivity index (χ1v) is 6.64. The molecule has 1 aromatic heterocycles. The van der Waals surface area contributed by atoms with Gasteiger partial charge in [-0.25, -0.2) is 13.1 Å². The molecular formula is C9H17N3O3S. The van der Waals surface area contributed by atoms with E-state index in [0.717, 1.165) is 12.8 Å². The van der Waals surface area contributed by atoms with E-state index in [0.29, 0.717) is 13.0 Å². The van der Waals surface area contributed by atoms with Crippen LogP contribution in [0.5, 0.6) is 0 Å². The number of aromatic nitrogens is 2. The van der Waals surface area contributed by atoms with Crippen molar-refractivity contribution in [1.29, 1.82) is 0 Å². The minimum Gasteiger partial charge on any atom is -0.396 e. The summed E-state index contributed by atoms with van der Waals surface area (Å²) in [6, 6.07) is 0. The molecule has 0 aliphatic heterocycles. The zero-order valence-electron chi connectivity index (χ0n) is 9.26. The standard InChI is InChI=1S/C9H17N3O3S/c1-12-8-9(7-10-12)16(14,15)11-5-3-2-4-6-13/h7-8,11,13H,2-6H2,1H3. The normalized spacial score (nSPS) is 11.9. The lowest BCUT2D eigenvalue weighted by atomic mass is 10.2. The Bertz CT molecular complexity index is 413. The average molecular weight is 247 g/mol. The first-order valence-electron chi connectivity index (χ1n) is 5.15. The Morgan fingerprint density at radius 2 is 2.19 bits per heavy atom. The van der Waals surface area contributed by atoms with Gasteiger partial charge in [0.2, 0.25) is 10.0 Å². The number of hydrogen-bond acceptors (Lipinski definition) is 4. The Labute approximate surface area is 95.3 Å². The van der Waals surface area contributed by atoms with Crippen molar-refractivity contribution in [3.05, 3.63) is 12.4 Å². The number of aryl methyl sites for hydroxylation is 1. The van der Waals surface area contributed by atoms with E-state index in [4.69, 9.17) is 5.11 Å². The molecule has 1 aromatic rings. The SMILES string of the molecule is Cn1cc(S(=O)(=O)NCCCCCO)cn1. The molecule has 0 bridgehead atoms. The van der Waals surface area contributed by atoms with Crippen molar-refractivity contribution in [2.24, 2.45) is 7.05 Å². The number of nitrogens with zero attached hydrogens (tertiary/aromatic N) is 2. The molecule has 0 amide bonds. The van der Waals surface area contributed by atoms with Crippen LogP contribution in [0, 0.1) is 0 Å². The lowest BCUT2D eigenvalue weighted by Crippen LogP contribution is -2.24. The fraction of sp³-hybridized carbons (Fsp3) is 0.667. The third kappa shape index (κ3) is 3.92. The van der Waals surface area contributed by atoms with Gasteiger partial charge in [-0.15, -0.1) is 0 Å².